The van der Waals surface area contributed by atoms with E-state index in [1.54, 1.807) is 30.1 Å². The summed E-state index contributed by atoms with van der Waals surface area (Å²) in [6.45, 7) is 2.59. The lowest BCUT2D eigenvalue weighted by Crippen LogP contribution is -2.34. The van der Waals surface area contributed by atoms with Gasteiger partial charge in [-0.1, -0.05) is 30.3 Å². The fourth-order valence-corrected chi connectivity index (χ4v) is 2.74. The van der Waals surface area contributed by atoms with Gasteiger partial charge in [-0.3, -0.25) is 4.68 Å². The molecule has 0 spiro atoms. The molecule has 0 aliphatic carbocycles. The van der Waals surface area contributed by atoms with Crippen LogP contribution in [0.4, 0.5) is 0 Å². The van der Waals surface area contributed by atoms with E-state index in [0.29, 0.717) is 13.1 Å². The zero-order valence-corrected chi connectivity index (χ0v) is 13.3. The van der Waals surface area contributed by atoms with Crippen LogP contribution in [0, 0.1) is 0 Å². The summed E-state index contributed by atoms with van der Waals surface area (Å²) < 4.78 is 1.67. The molecule has 3 N–H and O–H groups in total. The zero-order chi connectivity index (χ0) is 16.4. The van der Waals surface area contributed by atoms with Crippen LogP contribution in [0.15, 0.2) is 48.8 Å². The lowest BCUT2D eigenvalue weighted by atomic mass is 9.99. The summed E-state index contributed by atoms with van der Waals surface area (Å²) in [5.41, 5.74) is 0.578. The number of phenolic OH excluding ortho intramolecular Hbond substituents is 1. The summed E-state index contributed by atoms with van der Waals surface area (Å²) >= 11 is 0. The van der Waals surface area contributed by atoms with Crippen LogP contribution in [0.5, 0.6) is 5.75 Å². The van der Waals surface area contributed by atoms with E-state index < -0.39 is 5.60 Å². The largest absolute Gasteiger partial charge is 0.508 e. The van der Waals surface area contributed by atoms with Gasteiger partial charge in [-0.15, -0.1) is 0 Å². The molecule has 3 rings (SSSR count). The summed E-state index contributed by atoms with van der Waals surface area (Å²) in [4.78, 5) is 0. The highest BCUT2D eigenvalue weighted by atomic mass is 16.3. The number of nitrogens with zero attached hydrogens (tertiary/aromatic N) is 2. The average Bonchev–Trinajstić information content (AvgIpc) is 2.97. The van der Waals surface area contributed by atoms with Crippen molar-refractivity contribution in [3.8, 4) is 5.75 Å². The molecule has 1 unspecified atom stereocenters. The standard InChI is InChI=1S/C18H21N3O2/c1-18(23,14-9-20-21(2)11-14)12-19-10-16-15-6-4-3-5-13(15)7-8-17(16)22/h3-9,11,19,22-23H,10,12H2,1-2H3. The summed E-state index contributed by atoms with van der Waals surface area (Å²) in [6.07, 6.45) is 3.47. The maximum Gasteiger partial charge on any atom is 0.120 e. The van der Waals surface area contributed by atoms with E-state index >= 15 is 0 Å². The van der Waals surface area contributed by atoms with Crippen molar-refractivity contribution >= 4 is 10.8 Å². The van der Waals surface area contributed by atoms with Gasteiger partial charge in [-0.2, -0.15) is 5.10 Å². The van der Waals surface area contributed by atoms with Gasteiger partial charge in [0.15, 0.2) is 0 Å². The van der Waals surface area contributed by atoms with Crippen LogP contribution >= 0.6 is 0 Å². The molecule has 0 radical (unpaired) electrons. The third-order valence-corrected chi connectivity index (χ3v) is 4.11. The second-order valence-corrected chi connectivity index (χ2v) is 6.06. The molecule has 1 aromatic heterocycles. The lowest BCUT2D eigenvalue weighted by Gasteiger charge is -2.22. The van der Waals surface area contributed by atoms with Gasteiger partial charge in [0.1, 0.15) is 11.4 Å². The van der Waals surface area contributed by atoms with Gasteiger partial charge in [0.05, 0.1) is 6.20 Å². The molecular formula is C18H21N3O2. The van der Waals surface area contributed by atoms with Gasteiger partial charge in [0.25, 0.3) is 0 Å². The Bertz CT molecular complexity index is 824. The summed E-state index contributed by atoms with van der Waals surface area (Å²) in [5.74, 6) is 0.261. The first-order chi connectivity index (χ1) is 11.0. The van der Waals surface area contributed by atoms with Crippen molar-refractivity contribution in [1.82, 2.24) is 15.1 Å². The molecule has 5 nitrogen and oxygen atoms in total. The molecular weight excluding hydrogens is 290 g/mol. The molecule has 0 amide bonds. The quantitative estimate of drug-likeness (QED) is 0.676. The van der Waals surface area contributed by atoms with Crippen LogP contribution in [0.3, 0.4) is 0 Å². The van der Waals surface area contributed by atoms with Crippen molar-refractivity contribution in [3.63, 3.8) is 0 Å². The Morgan fingerprint density at radius 1 is 1.22 bits per heavy atom. The number of phenols is 1. The van der Waals surface area contributed by atoms with Crippen molar-refractivity contribution < 1.29 is 10.2 Å². The number of aliphatic hydroxyl groups is 1. The van der Waals surface area contributed by atoms with E-state index in [9.17, 15) is 10.2 Å². The highest BCUT2D eigenvalue weighted by Gasteiger charge is 2.24. The highest BCUT2D eigenvalue weighted by molar-refractivity contribution is 5.87. The molecule has 5 heteroatoms. The Morgan fingerprint density at radius 3 is 2.74 bits per heavy atom. The number of aromatic nitrogens is 2. The highest BCUT2D eigenvalue weighted by Crippen LogP contribution is 2.27. The molecule has 0 aliphatic rings. The van der Waals surface area contributed by atoms with E-state index in [4.69, 9.17) is 0 Å². The Kier molecular flexibility index (Phi) is 4.07. The van der Waals surface area contributed by atoms with Crippen LogP contribution in [-0.2, 0) is 19.2 Å². The Hall–Kier alpha value is -2.37. The number of rotatable bonds is 5. The van der Waals surface area contributed by atoms with E-state index in [0.717, 1.165) is 21.9 Å². The summed E-state index contributed by atoms with van der Waals surface area (Å²) in [5, 5.41) is 30.2. The molecule has 120 valence electrons. The SMILES string of the molecule is Cn1cc(C(C)(O)CNCc2c(O)ccc3ccccc23)cn1. The van der Waals surface area contributed by atoms with Crippen LogP contribution in [-0.4, -0.2) is 26.5 Å². The average molecular weight is 311 g/mol. The molecule has 3 aromatic rings. The molecule has 0 fully saturated rings. The normalized spacial score (nSPS) is 14.0. The number of benzene rings is 2. The third-order valence-electron chi connectivity index (χ3n) is 4.11. The van der Waals surface area contributed by atoms with Gasteiger partial charge in [0, 0.05) is 37.5 Å². The van der Waals surface area contributed by atoms with Crippen molar-refractivity contribution in [3.05, 3.63) is 59.9 Å². The van der Waals surface area contributed by atoms with Gasteiger partial charge >= 0.3 is 0 Å². The molecule has 0 aliphatic heterocycles. The molecule has 23 heavy (non-hydrogen) atoms. The summed E-state index contributed by atoms with van der Waals surface area (Å²) in [6, 6.07) is 11.6. The maximum atomic E-state index is 10.6. The number of nitrogens with one attached hydrogen (secondary N) is 1. The predicted octanol–water partition coefficient (Wildman–Crippen LogP) is 2.28. The topological polar surface area (TPSA) is 70.3 Å². The van der Waals surface area contributed by atoms with Crippen LogP contribution in [0.1, 0.15) is 18.1 Å². The second kappa shape index (κ2) is 6.02. The van der Waals surface area contributed by atoms with Gasteiger partial charge in [-0.25, -0.2) is 0 Å². The Morgan fingerprint density at radius 2 is 2.00 bits per heavy atom. The third kappa shape index (κ3) is 3.21. The molecule has 0 saturated heterocycles. The Balaban J connectivity index is 1.75. The van der Waals surface area contributed by atoms with Crippen LogP contribution < -0.4 is 5.32 Å². The van der Waals surface area contributed by atoms with Crippen molar-refractivity contribution in [2.24, 2.45) is 7.05 Å². The fraction of sp³-hybridized carbons (Fsp3) is 0.278. The number of aryl methyl sites for hydroxylation is 1. The first-order valence-electron chi connectivity index (χ1n) is 7.59. The number of aromatic hydroxyl groups is 1. The summed E-state index contributed by atoms with van der Waals surface area (Å²) in [7, 11) is 1.82. The minimum atomic E-state index is -1.02. The van der Waals surface area contributed by atoms with Crippen molar-refractivity contribution in [2.75, 3.05) is 6.54 Å². The first-order valence-corrected chi connectivity index (χ1v) is 7.59. The first kappa shape index (κ1) is 15.5. The smallest absolute Gasteiger partial charge is 0.120 e. The van der Waals surface area contributed by atoms with Crippen molar-refractivity contribution in [2.45, 2.75) is 19.1 Å². The van der Waals surface area contributed by atoms with E-state index in [1.807, 2.05) is 37.4 Å². The van der Waals surface area contributed by atoms with E-state index in [2.05, 4.69) is 10.4 Å². The Labute approximate surface area is 135 Å². The van der Waals surface area contributed by atoms with Gasteiger partial charge in [0.2, 0.25) is 0 Å². The van der Waals surface area contributed by atoms with E-state index in [-0.39, 0.29) is 5.75 Å². The monoisotopic (exact) mass is 311 g/mol. The van der Waals surface area contributed by atoms with Crippen LogP contribution in [0.2, 0.25) is 0 Å². The molecule has 1 heterocycles. The predicted molar refractivity (Wildman–Crippen MR) is 90.1 cm³/mol. The molecule has 1 atom stereocenters. The fourth-order valence-electron chi connectivity index (χ4n) is 2.74. The number of hydrogen-bond donors (Lipinski definition) is 3. The van der Waals surface area contributed by atoms with Gasteiger partial charge < -0.3 is 15.5 Å². The lowest BCUT2D eigenvalue weighted by molar-refractivity contribution is 0.0565. The van der Waals surface area contributed by atoms with Crippen LogP contribution in [0.25, 0.3) is 10.8 Å². The number of hydrogen-bond acceptors (Lipinski definition) is 4. The minimum absolute atomic E-state index is 0.261. The number of fused-ring (bicyclic) bond motifs is 1. The van der Waals surface area contributed by atoms with E-state index in [1.165, 1.54) is 0 Å². The van der Waals surface area contributed by atoms with Crippen molar-refractivity contribution in [1.29, 1.82) is 0 Å². The zero-order valence-electron chi connectivity index (χ0n) is 13.3. The molecule has 0 bridgehead atoms. The minimum Gasteiger partial charge on any atom is -0.508 e. The van der Waals surface area contributed by atoms with Gasteiger partial charge in [-0.05, 0) is 23.8 Å². The molecule has 0 saturated carbocycles. The molecule has 2 aromatic carbocycles. The maximum absolute atomic E-state index is 10.6. The second-order valence-electron chi connectivity index (χ2n) is 6.06.